The first kappa shape index (κ1) is 20.9. The van der Waals surface area contributed by atoms with E-state index in [0.717, 1.165) is 38.9 Å². The minimum atomic E-state index is 0.00616. The zero-order valence-corrected chi connectivity index (χ0v) is 17.7. The summed E-state index contributed by atoms with van der Waals surface area (Å²) in [5.74, 6) is 1.59. The molecule has 3 rings (SSSR count). The van der Waals surface area contributed by atoms with Crippen LogP contribution in [0.1, 0.15) is 36.0 Å². The van der Waals surface area contributed by atoms with E-state index in [1.165, 1.54) is 0 Å². The lowest BCUT2D eigenvalue weighted by Crippen LogP contribution is -2.57. The Kier molecular flexibility index (Phi) is 6.83. The van der Waals surface area contributed by atoms with Crippen molar-refractivity contribution < 1.29 is 14.3 Å². The number of nitrogens with one attached hydrogen (secondary N) is 1. The first-order valence-electron chi connectivity index (χ1n) is 9.95. The average molecular weight is 408 g/mol. The van der Waals surface area contributed by atoms with E-state index in [0.29, 0.717) is 40.6 Å². The molecule has 2 amide bonds. The number of nitrogens with zero attached hydrogens (tertiary/aromatic N) is 2. The summed E-state index contributed by atoms with van der Waals surface area (Å²) < 4.78 is 5.37. The number of halogens is 1. The van der Waals surface area contributed by atoms with Crippen LogP contribution in [0.4, 0.5) is 0 Å². The lowest BCUT2D eigenvalue weighted by molar-refractivity contribution is -0.128. The Labute approximate surface area is 172 Å². The maximum absolute atomic E-state index is 13.1. The summed E-state index contributed by atoms with van der Waals surface area (Å²) in [7, 11) is 5.14. The van der Waals surface area contributed by atoms with Gasteiger partial charge in [-0.1, -0.05) is 11.6 Å². The molecule has 7 heteroatoms. The highest BCUT2D eigenvalue weighted by atomic mass is 35.5. The van der Waals surface area contributed by atoms with Crippen molar-refractivity contribution in [3.05, 3.63) is 28.8 Å². The summed E-state index contributed by atoms with van der Waals surface area (Å²) in [4.78, 5) is 28.6. The molecule has 0 aromatic heterocycles. The van der Waals surface area contributed by atoms with Gasteiger partial charge in [0, 0.05) is 44.7 Å². The molecule has 2 saturated heterocycles. The van der Waals surface area contributed by atoms with Crippen LogP contribution in [-0.4, -0.2) is 68.5 Å². The van der Waals surface area contributed by atoms with Gasteiger partial charge < -0.3 is 19.9 Å². The van der Waals surface area contributed by atoms with E-state index in [1.807, 2.05) is 4.90 Å². The van der Waals surface area contributed by atoms with Crippen molar-refractivity contribution >= 4 is 23.4 Å². The molecule has 6 nitrogen and oxygen atoms in total. The number of methoxy groups -OCH3 is 1. The smallest absolute Gasteiger partial charge is 0.257 e. The predicted molar refractivity (Wildman–Crippen MR) is 110 cm³/mol. The molecule has 2 bridgehead atoms. The van der Waals surface area contributed by atoms with Gasteiger partial charge in [-0.05, 0) is 55.8 Å². The summed E-state index contributed by atoms with van der Waals surface area (Å²) >= 11 is 6.03. The van der Waals surface area contributed by atoms with Crippen molar-refractivity contribution in [3.8, 4) is 5.75 Å². The van der Waals surface area contributed by atoms with Gasteiger partial charge in [0.05, 0.1) is 12.7 Å². The van der Waals surface area contributed by atoms with E-state index in [9.17, 15) is 9.59 Å². The van der Waals surface area contributed by atoms with Gasteiger partial charge in [0.25, 0.3) is 5.91 Å². The van der Waals surface area contributed by atoms with Gasteiger partial charge in [-0.15, -0.1) is 0 Å². The maximum atomic E-state index is 13.1. The van der Waals surface area contributed by atoms with Crippen LogP contribution in [0.3, 0.4) is 0 Å². The number of ether oxygens (including phenoxy) is 1. The number of piperidine rings is 2. The highest BCUT2D eigenvalue weighted by Gasteiger charge is 2.38. The van der Waals surface area contributed by atoms with E-state index in [1.54, 1.807) is 44.3 Å². The number of amides is 2. The molecule has 1 aromatic rings. The van der Waals surface area contributed by atoms with E-state index in [-0.39, 0.29) is 11.8 Å². The van der Waals surface area contributed by atoms with Crippen molar-refractivity contribution in [2.45, 2.75) is 31.7 Å². The lowest BCUT2D eigenvalue weighted by atomic mass is 9.78. The number of benzene rings is 1. The lowest BCUT2D eigenvalue weighted by Gasteiger charge is -2.46. The zero-order chi connectivity index (χ0) is 20.3. The number of fused-ring (bicyclic) bond motifs is 2. The van der Waals surface area contributed by atoms with Crippen LogP contribution in [0.2, 0.25) is 5.02 Å². The van der Waals surface area contributed by atoms with E-state index >= 15 is 0 Å². The summed E-state index contributed by atoms with van der Waals surface area (Å²) in [6, 6.07) is 5.52. The molecule has 1 aromatic carbocycles. The topological polar surface area (TPSA) is 61.9 Å². The fourth-order valence-corrected chi connectivity index (χ4v) is 4.55. The zero-order valence-electron chi connectivity index (χ0n) is 16.9. The summed E-state index contributed by atoms with van der Waals surface area (Å²) in [6.07, 6.45) is 3.55. The third-order valence-corrected chi connectivity index (χ3v) is 6.13. The average Bonchev–Trinajstić information content (AvgIpc) is 2.68. The van der Waals surface area contributed by atoms with Crippen molar-refractivity contribution in [1.82, 2.24) is 15.1 Å². The molecule has 2 fully saturated rings. The van der Waals surface area contributed by atoms with Crippen LogP contribution in [0.25, 0.3) is 0 Å². The predicted octanol–water partition coefficient (Wildman–Crippen LogP) is 2.66. The number of hydrogen-bond donors (Lipinski definition) is 1. The number of rotatable bonds is 6. The largest absolute Gasteiger partial charge is 0.496 e. The number of hydrogen-bond acceptors (Lipinski definition) is 4. The first-order valence-corrected chi connectivity index (χ1v) is 10.3. The summed E-state index contributed by atoms with van der Waals surface area (Å²) in [5, 5.41) is 4.20. The third kappa shape index (κ3) is 4.78. The van der Waals surface area contributed by atoms with Gasteiger partial charge in [-0.3, -0.25) is 9.59 Å². The Balaban J connectivity index is 1.63. The Hall–Kier alpha value is -1.79. The van der Waals surface area contributed by atoms with Gasteiger partial charge in [-0.25, -0.2) is 0 Å². The van der Waals surface area contributed by atoms with Crippen LogP contribution in [0.15, 0.2) is 18.2 Å². The highest BCUT2D eigenvalue weighted by molar-refractivity contribution is 6.30. The second-order valence-corrected chi connectivity index (χ2v) is 8.55. The van der Waals surface area contributed by atoms with Crippen LogP contribution in [0, 0.1) is 11.8 Å². The molecule has 3 atom stereocenters. The molecule has 2 aliphatic rings. The quantitative estimate of drug-likeness (QED) is 0.787. The molecule has 28 heavy (non-hydrogen) atoms. The standard InChI is InChI=1S/C21H30ClN3O3/c1-24(2)20(26)6-4-5-18-15-9-14(11-23-18)12-25(13-15)21(27)17-8-7-16(22)10-19(17)28-3/h7-8,10,14-15,18,23H,4-6,9,11-13H2,1-3H3/t14-,15+,18+/m0/s1. The van der Waals surface area contributed by atoms with E-state index < -0.39 is 0 Å². The van der Waals surface area contributed by atoms with Crippen LogP contribution in [0.5, 0.6) is 5.75 Å². The van der Waals surface area contributed by atoms with E-state index in [4.69, 9.17) is 16.3 Å². The van der Waals surface area contributed by atoms with E-state index in [2.05, 4.69) is 5.32 Å². The summed E-state index contributed by atoms with van der Waals surface area (Å²) in [5.41, 5.74) is 0.563. The molecule has 2 aliphatic heterocycles. The van der Waals surface area contributed by atoms with Gasteiger partial charge in [0.15, 0.2) is 0 Å². The molecule has 2 heterocycles. The number of carbonyl (C=O) groups is 2. The van der Waals surface area contributed by atoms with Crippen LogP contribution < -0.4 is 10.1 Å². The Morgan fingerprint density at radius 1 is 1.32 bits per heavy atom. The molecular weight excluding hydrogens is 378 g/mol. The molecule has 0 aliphatic carbocycles. The second kappa shape index (κ2) is 9.14. The fourth-order valence-electron chi connectivity index (χ4n) is 4.38. The van der Waals surface area contributed by atoms with Crippen LogP contribution >= 0.6 is 11.6 Å². The number of likely N-dealkylation sites (tertiary alicyclic amines) is 1. The van der Waals surface area contributed by atoms with Crippen molar-refractivity contribution in [1.29, 1.82) is 0 Å². The first-order chi connectivity index (χ1) is 13.4. The second-order valence-electron chi connectivity index (χ2n) is 8.11. The monoisotopic (exact) mass is 407 g/mol. The highest BCUT2D eigenvalue weighted by Crippen LogP contribution is 2.32. The van der Waals surface area contributed by atoms with Crippen molar-refractivity contribution in [3.63, 3.8) is 0 Å². The molecule has 1 N–H and O–H groups in total. The number of carbonyl (C=O) groups excluding carboxylic acids is 2. The minimum absolute atomic E-state index is 0.00616. The molecule has 0 saturated carbocycles. The maximum Gasteiger partial charge on any atom is 0.257 e. The van der Waals surface area contributed by atoms with Gasteiger partial charge in [-0.2, -0.15) is 0 Å². The van der Waals surface area contributed by atoms with Gasteiger partial charge >= 0.3 is 0 Å². The van der Waals surface area contributed by atoms with Crippen LogP contribution in [-0.2, 0) is 4.79 Å². The molecular formula is C21H30ClN3O3. The molecule has 0 spiro atoms. The van der Waals surface area contributed by atoms with Gasteiger partial charge in [0.1, 0.15) is 5.75 Å². The van der Waals surface area contributed by atoms with Crippen molar-refractivity contribution in [2.24, 2.45) is 11.8 Å². The Morgan fingerprint density at radius 3 is 2.82 bits per heavy atom. The molecule has 154 valence electrons. The summed E-state index contributed by atoms with van der Waals surface area (Å²) in [6.45, 7) is 2.42. The van der Waals surface area contributed by atoms with Crippen molar-refractivity contribution in [2.75, 3.05) is 40.8 Å². The Bertz CT molecular complexity index is 725. The third-order valence-electron chi connectivity index (χ3n) is 5.89. The normalized spacial score (nSPS) is 24.0. The molecule has 0 radical (unpaired) electrons. The minimum Gasteiger partial charge on any atom is -0.496 e. The van der Waals surface area contributed by atoms with Gasteiger partial charge in [0.2, 0.25) is 5.91 Å². The molecule has 0 unspecified atom stereocenters. The SMILES string of the molecule is COc1cc(Cl)ccc1C(=O)N1C[C@@H]2CN[C@H](CCCC(=O)N(C)C)[C@H](C2)C1. The Morgan fingerprint density at radius 2 is 2.11 bits per heavy atom. The fraction of sp³-hybridized carbons (Fsp3) is 0.619.